The summed E-state index contributed by atoms with van der Waals surface area (Å²) in [6, 6.07) is 13.2. The van der Waals surface area contributed by atoms with Gasteiger partial charge in [-0.05, 0) is 74.1 Å². The van der Waals surface area contributed by atoms with Gasteiger partial charge in [0.25, 0.3) is 17.4 Å². The van der Waals surface area contributed by atoms with E-state index in [2.05, 4.69) is 26.0 Å². The van der Waals surface area contributed by atoms with E-state index in [4.69, 9.17) is 28.9 Å². The Morgan fingerprint density at radius 3 is 2.22 bits per heavy atom. The van der Waals surface area contributed by atoms with Crippen molar-refractivity contribution < 1.29 is 19.2 Å². The lowest BCUT2D eigenvalue weighted by Crippen LogP contribution is -2.41. The molecule has 2 fully saturated rings. The average Bonchev–Trinajstić information content (AvgIpc) is 3.94. The molecule has 2 aromatic heterocycles. The molecule has 1 aliphatic heterocycles. The molecule has 5 N–H and O–H groups in total. The number of hydrogen-bond donors (Lipinski definition) is 4. The molecule has 1 saturated carbocycles. The number of hydrogen-bond acceptors (Lipinski definition) is 7. The molecule has 0 unspecified atom stereocenters. The number of anilines is 2. The van der Waals surface area contributed by atoms with Crippen molar-refractivity contribution in [3.8, 4) is 22.4 Å². The van der Waals surface area contributed by atoms with Crippen LogP contribution < -0.4 is 27.2 Å². The molecule has 1 saturated heterocycles. The summed E-state index contributed by atoms with van der Waals surface area (Å²) < 4.78 is 1.23. The lowest BCUT2D eigenvalue weighted by atomic mass is 9.94. The van der Waals surface area contributed by atoms with Crippen LogP contribution in [0.1, 0.15) is 53.3 Å². The molecule has 5 amide bonds. The van der Waals surface area contributed by atoms with E-state index in [0.717, 1.165) is 12.8 Å². The second-order valence-electron chi connectivity index (χ2n) is 12.2. The molecule has 3 heterocycles. The molecule has 15 heteroatoms. The van der Waals surface area contributed by atoms with Gasteiger partial charge >= 0.3 is 6.03 Å². The summed E-state index contributed by atoms with van der Waals surface area (Å²) in [5.41, 5.74) is 8.08. The third kappa shape index (κ3) is 7.79. The lowest BCUT2D eigenvalue weighted by molar-refractivity contribution is -0.123. The third-order valence-corrected chi connectivity index (χ3v) is 9.22. The smallest absolute Gasteiger partial charge is 0.323 e. The van der Waals surface area contributed by atoms with E-state index in [0.29, 0.717) is 59.4 Å². The van der Waals surface area contributed by atoms with Crippen LogP contribution in [0.4, 0.5) is 16.2 Å². The summed E-state index contributed by atoms with van der Waals surface area (Å²) in [6.45, 7) is 2.74. The Kier molecular flexibility index (Phi) is 10.2. The van der Waals surface area contributed by atoms with Gasteiger partial charge in [0.05, 0.1) is 21.4 Å². The molecule has 258 valence electrons. The first kappa shape index (κ1) is 34.6. The van der Waals surface area contributed by atoms with E-state index < -0.39 is 11.6 Å². The molecule has 0 bridgehead atoms. The largest absolute Gasteiger partial charge is 0.369 e. The number of likely N-dealkylation sites (tertiary alicyclic amines) is 1. The second kappa shape index (κ2) is 14.7. The van der Waals surface area contributed by atoms with Crippen LogP contribution in [0.2, 0.25) is 10.0 Å². The molecular weight excluding hydrogens is 683 g/mol. The molecule has 0 spiro atoms. The molecule has 1 aliphatic carbocycles. The Hall–Kier alpha value is -5.27. The fourth-order valence-corrected chi connectivity index (χ4v) is 6.20. The number of rotatable bonds is 9. The predicted octanol–water partition coefficient (Wildman–Crippen LogP) is 5.17. The normalized spacial score (nSPS) is 14.6. The molecule has 50 heavy (non-hydrogen) atoms. The van der Waals surface area contributed by atoms with Crippen LogP contribution in [0.15, 0.2) is 65.7 Å². The monoisotopic (exact) mass is 716 g/mol. The molecule has 2 aromatic carbocycles. The highest BCUT2D eigenvalue weighted by atomic mass is 35.5. The van der Waals surface area contributed by atoms with Crippen LogP contribution in [0.3, 0.4) is 0 Å². The third-order valence-electron chi connectivity index (χ3n) is 8.64. The summed E-state index contributed by atoms with van der Waals surface area (Å²) >= 11 is 12.3. The van der Waals surface area contributed by atoms with Crippen molar-refractivity contribution in [1.82, 2.24) is 25.0 Å². The lowest BCUT2D eigenvalue weighted by Gasteiger charge is -2.30. The maximum absolute atomic E-state index is 13.7. The standard InChI is InChI=1S/C35H34Cl2N8O5/c1-2-45-34(49)29(41-35(50)42-30-26(36)17-39-18-27(30)37)16-28(43-45)21-5-3-4-20(12-21)22-13-23(32(47)40-25-6-7-25)15-24(14-22)33(48)44-10-8-19(9-11-44)31(38)46/h3-5,12-19,25H,2,6-11H2,1H3,(H2,38,46)(H,40,47)(H2,39,41,42,50). The number of nitrogens with zero attached hydrogens (tertiary/aromatic N) is 4. The SMILES string of the molecule is CCn1nc(-c2cccc(-c3cc(C(=O)NC4CC4)cc(C(=O)N4CCC(C(N)=O)CC4)c3)c2)cc(NC(=O)Nc2c(Cl)cncc2Cl)c1=O. The summed E-state index contributed by atoms with van der Waals surface area (Å²) in [6.07, 6.45) is 5.43. The number of halogens is 2. The van der Waals surface area contributed by atoms with E-state index in [1.165, 1.54) is 23.1 Å². The van der Waals surface area contributed by atoms with Gasteiger partial charge in [-0.3, -0.25) is 24.2 Å². The number of piperidine rings is 1. The average molecular weight is 718 g/mol. The molecule has 6 rings (SSSR count). The minimum Gasteiger partial charge on any atom is -0.369 e. The molecule has 0 atom stereocenters. The van der Waals surface area contributed by atoms with Crippen LogP contribution >= 0.6 is 23.2 Å². The number of amides is 5. The van der Waals surface area contributed by atoms with Crippen molar-refractivity contribution in [3.05, 3.63) is 92.5 Å². The Labute approximate surface area is 297 Å². The minimum absolute atomic E-state index is 0.0345. The number of benzene rings is 2. The number of urea groups is 1. The van der Waals surface area contributed by atoms with Crippen LogP contribution in [0, 0.1) is 5.92 Å². The van der Waals surface area contributed by atoms with Gasteiger partial charge in [0, 0.05) is 60.7 Å². The summed E-state index contributed by atoms with van der Waals surface area (Å²) in [5.74, 6) is -1.15. The molecule has 13 nitrogen and oxygen atoms in total. The van der Waals surface area contributed by atoms with E-state index in [1.807, 2.05) is 12.1 Å². The maximum atomic E-state index is 13.7. The van der Waals surface area contributed by atoms with Gasteiger partial charge in [-0.2, -0.15) is 5.10 Å². The number of nitrogens with two attached hydrogens (primary N) is 1. The van der Waals surface area contributed by atoms with Crippen molar-refractivity contribution in [2.24, 2.45) is 11.7 Å². The number of aryl methyl sites for hydroxylation is 1. The van der Waals surface area contributed by atoms with Gasteiger partial charge in [-0.25, -0.2) is 9.48 Å². The second-order valence-corrected chi connectivity index (χ2v) is 13.0. The maximum Gasteiger partial charge on any atom is 0.323 e. The quantitative estimate of drug-likeness (QED) is 0.184. The first-order valence-corrected chi connectivity index (χ1v) is 16.9. The van der Waals surface area contributed by atoms with Crippen LogP contribution in [0.25, 0.3) is 22.4 Å². The van der Waals surface area contributed by atoms with Gasteiger partial charge < -0.3 is 26.6 Å². The Balaban J connectivity index is 1.32. The predicted molar refractivity (Wildman–Crippen MR) is 190 cm³/mol. The summed E-state index contributed by atoms with van der Waals surface area (Å²) in [7, 11) is 0. The fraction of sp³-hybridized carbons (Fsp3) is 0.286. The first-order valence-electron chi connectivity index (χ1n) is 16.1. The summed E-state index contributed by atoms with van der Waals surface area (Å²) in [5, 5.41) is 12.9. The van der Waals surface area contributed by atoms with Crippen molar-refractivity contribution in [3.63, 3.8) is 0 Å². The van der Waals surface area contributed by atoms with E-state index >= 15 is 0 Å². The van der Waals surface area contributed by atoms with Crippen molar-refractivity contribution in [1.29, 1.82) is 0 Å². The Bertz CT molecular complexity index is 2040. The van der Waals surface area contributed by atoms with E-state index in [9.17, 15) is 24.0 Å². The zero-order chi connectivity index (χ0) is 35.5. The molecule has 4 aromatic rings. The Morgan fingerprint density at radius 2 is 1.56 bits per heavy atom. The van der Waals surface area contributed by atoms with Crippen LogP contribution in [-0.4, -0.2) is 62.5 Å². The van der Waals surface area contributed by atoms with Crippen molar-refractivity contribution >= 4 is 58.3 Å². The number of nitrogens with one attached hydrogen (secondary N) is 3. The zero-order valence-electron chi connectivity index (χ0n) is 27.0. The van der Waals surface area contributed by atoms with Crippen molar-refractivity contribution in [2.45, 2.75) is 45.2 Å². The highest BCUT2D eigenvalue weighted by molar-refractivity contribution is 6.39. The summed E-state index contributed by atoms with van der Waals surface area (Å²) in [4.78, 5) is 70.2. The van der Waals surface area contributed by atoms with Gasteiger partial charge in [0.15, 0.2) is 0 Å². The number of pyridine rings is 1. The molecular formula is C35H34Cl2N8O5. The van der Waals surface area contributed by atoms with Gasteiger partial charge in [0.1, 0.15) is 5.69 Å². The van der Waals surface area contributed by atoms with Gasteiger partial charge in [0.2, 0.25) is 5.91 Å². The van der Waals surface area contributed by atoms with E-state index in [-0.39, 0.29) is 57.6 Å². The molecule has 0 radical (unpaired) electrons. The van der Waals surface area contributed by atoms with Gasteiger partial charge in [-0.15, -0.1) is 0 Å². The van der Waals surface area contributed by atoms with E-state index in [1.54, 1.807) is 42.2 Å². The highest BCUT2D eigenvalue weighted by Gasteiger charge is 2.28. The highest BCUT2D eigenvalue weighted by Crippen LogP contribution is 2.31. The zero-order valence-corrected chi connectivity index (χ0v) is 28.6. The Morgan fingerprint density at radius 1 is 0.880 bits per heavy atom. The fourth-order valence-electron chi connectivity index (χ4n) is 5.74. The number of carbonyl (C=O) groups is 4. The van der Waals surface area contributed by atoms with Crippen LogP contribution in [-0.2, 0) is 11.3 Å². The number of aromatic nitrogens is 3. The topological polar surface area (TPSA) is 181 Å². The van der Waals surface area contributed by atoms with Crippen LogP contribution in [0.5, 0.6) is 0 Å². The first-order chi connectivity index (χ1) is 24.0. The van der Waals surface area contributed by atoms with Gasteiger partial charge in [-0.1, -0.05) is 41.4 Å². The minimum atomic E-state index is -0.747. The molecule has 2 aliphatic rings. The number of carbonyl (C=O) groups excluding carboxylic acids is 4. The number of primary amides is 1. The van der Waals surface area contributed by atoms with Crippen molar-refractivity contribution in [2.75, 3.05) is 23.7 Å².